The molecular formula is C11H17N3O4S. The predicted octanol–water partition coefficient (Wildman–Crippen LogP) is 0.800. The average Bonchev–Trinajstić information content (AvgIpc) is 2.24. The second-order valence-electron chi connectivity index (χ2n) is 5.37. The minimum absolute atomic E-state index is 0.494. The molecule has 1 saturated heterocycles. The van der Waals surface area contributed by atoms with Crippen LogP contribution in [0.4, 0.5) is 4.79 Å². The molecule has 0 spiro atoms. The zero-order valence-corrected chi connectivity index (χ0v) is 12.0. The standard InChI is InChI=1S/C11H17N3O4S/c1-11(2,3)18-10(15)14-7-8-6-12-5-4-9(8)13-19(14,16)17/h7,12H,4-6H2,1-3H3. The van der Waals surface area contributed by atoms with Crippen LogP contribution in [0.15, 0.2) is 16.2 Å². The monoisotopic (exact) mass is 287 g/mol. The van der Waals surface area contributed by atoms with Crippen LogP contribution in [0.2, 0.25) is 0 Å². The molecule has 0 aromatic heterocycles. The van der Waals surface area contributed by atoms with Crippen molar-refractivity contribution in [1.82, 2.24) is 9.62 Å². The van der Waals surface area contributed by atoms with Gasteiger partial charge in [-0.3, -0.25) is 0 Å². The quantitative estimate of drug-likeness (QED) is 0.712. The molecule has 106 valence electrons. The summed E-state index contributed by atoms with van der Waals surface area (Å²) in [6, 6.07) is 0. The van der Waals surface area contributed by atoms with Gasteiger partial charge in [-0.2, -0.15) is 12.7 Å². The van der Waals surface area contributed by atoms with E-state index in [0.29, 0.717) is 35.1 Å². The van der Waals surface area contributed by atoms with E-state index in [0.717, 1.165) is 0 Å². The molecule has 2 heterocycles. The Morgan fingerprint density at radius 3 is 2.79 bits per heavy atom. The Labute approximate surface area is 112 Å². The van der Waals surface area contributed by atoms with Crippen molar-refractivity contribution in [3.05, 3.63) is 11.8 Å². The summed E-state index contributed by atoms with van der Waals surface area (Å²) in [5.74, 6) is 0. The Kier molecular flexibility index (Phi) is 3.40. The molecule has 0 unspecified atom stereocenters. The third-order valence-corrected chi connectivity index (χ3v) is 3.75. The van der Waals surface area contributed by atoms with E-state index in [2.05, 4.69) is 9.71 Å². The minimum Gasteiger partial charge on any atom is -0.443 e. The molecule has 0 aromatic carbocycles. The number of piperidine rings is 1. The molecular weight excluding hydrogens is 270 g/mol. The number of fused-ring (bicyclic) bond motifs is 1. The van der Waals surface area contributed by atoms with Crippen molar-refractivity contribution in [1.29, 1.82) is 0 Å². The smallest absolute Gasteiger partial charge is 0.429 e. The minimum atomic E-state index is -4.02. The molecule has 1 N–H and O–H groups in total. The molecule has 0 bridgehead atoms. The lowest BCUT2D eigenvalue weighted by Gasteiger charge is -2.28. The first kappa shape index (κ1) is 14.0. The van der Waals surface area contributed by atoms with Crippen LogP contribution in [0.25, 0.3) is 0 Å². The number of carbonyl (C=O) groups excluding carboxylic acids is 1. The molecule has 0 atom stereocenters. The molecule has 19 heavy (non-hydrogen) atoms. The average molecular weight is 287 g/mol. The first-order valence-corrected chi connectivity index (χ1v) is 7.37. The SMILES string of the molecule is CC(C)(C)OC(=O)N1C=C2CNCCC2=NS1(=O)=O. The summed E-state index contributed by atoms with van der Waals surface area (Å²) < 4.78 is 33.2. The fraction of sp³-hybridized carbons (Fsp3) is 0.636. The lowest BCUT2D eigenvalue weighted by atomic mass is 10.1. The Bertz CT molecular complexity index is 557. The van der Waals surface area contributed by atoms with E-state index in [1.807, 2.05) is 0 Å². The molecule has 2 aliphatic rings. The number of ether oxygens (including phenoxy) is 1. The number of amides is 1. The van der Waals surface area contributed by atoms with E-state index < -0.39 is 21.9 Å². The van der Waals surface area contributed by atoms with E-state index in [1.165, 1.54) is 6.20 Å². The Morgan fingerprint density at radius 2 is 2.16 bits per heavy atom. The zero-order valence-electron chi connectivity index (χ0n) is 11.1. The molecule has 0 aliphatic carbocycles. The Hall–Kier alpha value is -1.41. The highest BCUT2D eigenvalue weighted by molar-refractivity contribution is 7.88. The van der Waals surface area contributed by atoms with Gasteiger partial charge < -0.3 is 10.1 Å². The van der Waals surface area contributed by atoms with Crippen LogP contribution >= 0.6 is 0 Å². The fourth-order valence-electron chi connectivity index (χ4n) is 1.76. The van der Waals surface area contributed by atoms with Crippen LogP contribution < -0.4 is 5.32 Å². The van der Waals surface area contributed by atoms with Gasteiger partial charge >= 0.3 is 16.3 Å². The summed E-state index contributed by atoms with van der Waals surface area (Å²) in [6.45, 7) is 6.19. The number of nitrogens with one attached hydrogen (secondary N) is 1. The van der Waals surface area contributed by atoms with Gasteiger partial charge in [0, 0.05) is 31.3 Å². The van der Waals surface area contributed by atoms with Crippen molar-refractivity contribution in [2.75, 3.05) is 13.1 Å². The van der Waals surface area contributed by atoms with Gasteiger partial charge in [-0.05, 0) is 20.8 Å². The molecule has 7 nitrogen and oxygen atoms in total. The van der Waals surface area contributed by atoms with Gasteiger partial charge in [0.15, 0.2) is 0 Å². The maximum Gasteiger partial charge on any atom is 0.429 e. The van der Waals surface area contributed by atoms with Crippen LogP contribution in [0.3, 0.4) is 0 Å². The summed E-state index contributed by atoms with van der Waals surface area (Å²) in [5, 5.41) is 3.10. The van der Waals surface area contributed by atoms with Crippen LogP contribution in [-0.4, -0.2) is 43.2 Å². The van der Waals surface area contributed by atoms with Crippen molar-refractivity contribution >= 4 is 22.0 Å². The van der Waals surface area contributed by atoms with Crippen LogP contribution in [-0.2, 0) is 14.9 Å². The van der Waals surface area contributed by atoms with E-state index in [9.17, 15) is 13.2 Å². The van der Waals surface area contributed by atoms with Gasteiger partial charge in [-0.25, -0.2) is 4.79 Å². The van der Waals surface area contributed by atoms with Crippen molar-refractivity contribution in [3.63, 3.8) is 0 Å². The third kappa shape index (κ3) is 3.13. The van der Waals surface area contributed by atoms with Crippen molar-refractivity contribution in [2.45, 2.75) is 32.8 Å². The van der Waals surface area contributed by atoms with Gasteiger partial charge in [0.05, 0.1) is 5.71 Å². The van der Waals surface area contributed by atoms with Gasteiger partial charge in [0.2, 0.25) is 0 Å². The topological polar surface area (TPSA) is 88.1 Å². The van der Waals surface area contributed by atoms with Crippen molar-refractivity contribution in [2.24, 2.45) is 4.40 Å². The molecule has 2 aliphatic heterocycles. The molecule has 1 amide bonds. The van der Waals surface area contributed by atoms with E-state index in [4.69, 9.17) is 4.74 Å². The van der Waals surface area contributed by atoms with Gasteiger partial charge in [0.1, 0.15) is 5.60 Å². The summed E-state index contributed by atoms with van der Waals surface area (Å²) in [5.41, 5.74) is 0.449. The molecule has 0 radical (unpaired) electrons. The van der Waals surface area contributed by atoms with Crippen molar-refractivity contribution in [3.8, 4) is 0 Å². The summed E-state index contributed by atoms with van der Waals surface area (Å²) >= 11 is 0. The normalized spacial score (nSPS) is 22.2. The van der Waals surface area contributed by atoms with Gasteiger partial charge in [-0.15, -0.1) is 4.40 Å². The second-order valence-corrected chi connectivity index (χ2v) is 6.84. The lowest BCUT2D eigenvalue weighted by Crippen LogP contribution is -2.42. The molecule has 0 aromatic rings. The zero-order chi connectivity index (χ0) is 14.3. The summed E-state index contributed by atoms with van der Waals surface area (Å²) in [6.07, 6.45) is 0.888. The number of carbonyl (C=O) groups is 1. The lowest BCUT2D eigenvalue weighted by molar-refractivity contribution is 0.0441. The van der Waals surface area contributed by atoms with Crippen LogP contribution in [0.1, 0.15) is 27.2 Å². The maximum absolute atomic E-state index is 11.9. The van der Waals surface area contributed by atoms with Crippen LogP contribution in [0.5, 0.6) is 0 Å². The van der Waals surface area contributed by atoms with Gasteiger partial charge in [0.25, 0.3) is 0 Å². The molecule has 8 heteroatoms. The Morgan fingerprint density at radius 1 is 1.47 bits per heavy atom. The molecule has 1 fully saturated rings. The van der Waals surface area contributed by atoms with Crippen LogP contribution in [0, 0.1) is 0 Å². The first-order chi connectivity index (χ1) is 8.69. The molecule has 2 rings (SSSR count). The summed E-state index contributed by atoms with van der Waals surface area (Å²) in [4.78, 5) is 11.9. The third-order valence-electron chi connectivity index (χ3n) is 2.55. The first-order valence-electron chi connectivity index (χ1n) is 5.97. The van der Waals surface area contributed by atoms with E-state index >= 15 is 0 Å². The van der Waals surface area contributed by atoms with Gasteiger partial charge in [-0.1, -0.05) is 0 Å². The highest BCUT2D eigenvalue weighted by atomic mass is 32.2. The summed E-state index contributed by atoms with van der Waals surface area (Å²) in [7, 11) is -4.02. The number of hydrogen-bond acceptors (Lipinski definition) is 5. The predicted molar refractivity (Wildman–Crippen MR) is 70.0 cm³/mol. The fourth-order valence-corrected chi connectivity index (χ4v) is 2.82. The van der Waals surface area contributed by atoms with E-state index in [1.54, 1.807) is 20.8 Å². The highest BCUT2D eigenvalue weighted by Crippen LogP contribution is 2.22. The second kappa shape index (κ2) is 4.61. The van der Waals surface area contributed by atoms with E-state index in [-0.39, 0.29) is 0 Å². The molecule has 0 saturated carbocycles. The Balaban J connectivity index is 2.29. The number of hydrogen-bond donors (Lipinski definition) is 1. The number of rotatable bonds is 0. The largest absolute Gasteiger partial charge is 0.443 e. The maximum atomic E-state index is 11.9. The number of nitrogens with zero attached hydrogens (tertiary/aromatic N) is 2. The highest BCUT2D eigenvalue weighted by Gasteiger charge is 2.35. The van der Waals surface area contributed by atoms with Crippen molar-refractivity contribution < 1.29 is 17.9 Å².